The van der Waals surface area contributed by atoms with Crippen LogP contribution in [0.1, 0.15) is 77.6 Å². The SMILES string of the molecule is CCCCCCCCCCCC(=O)NC[C@H]1O[C@H](O[C@H]2[C@H](O)[C@@H](O[C@H]3O[C@H](CO)[C@@H](O)[C@H](N)[C@H]3O)[C@H](N)C[C@@H]2N)[C@H](O)[C@@H](O)[C@@H]1O. The predicted octanol–water partition coefficient (Wildman–Crippen LogP) is -3.21. The van der Waals surface area contributed by atoms with E-state index in [2.05, 4.69) is 12.2 Å². The first-order valence-electron chi connectivity index (χ1n) is 16.8. The molecule has 2 saturated heterocycles. The highest BCUT2D eigenvalue weighted by Crippen LogP contribution is 2.31. The molecule has 0 aromatic heterocycles. The first-order valence-corrected chi connectivity index (χ1v) is 16.8. The molecule has 14 N–H and O–H groups in total. The van der Waals surface area contributed by atoms with Gasteiger partial charge in [0.2, 0.25) is 5.91 Å². The molecule has 0 aromatic rings. The van der Waals surface area contributed by atoms with Gasteiger partial charge in [0.25, 0.3) is 0 Å². The lowest BCUT2D eigenvalue weighted by molar-refractivity contribution is -0.332. The Morgan fingerprint density at radius 2 is 1.22 bits per heavy atom. The Bertz CT molecular complexity index is 893. The van der Waals surface area contributed by atoms with Gasteiger partial charge >= 0.3 is 0 Å². The summed E-state index contributed by atoms with van der Waals surface area (Å²) in [5.74, 6) is -0.238. The number of nitrogens with one attached hydrogen (secondary N) is 1. The van der Waals surface area contributed by atoms with Crippen LogP contribution in [0.15, 0.2) is 0 Å². The van der Waals surface area contributed by atoms with E-state index in [0.717, 1.165) is 25.7 Å². The van der Waals surface area contributed by atoms with Gasteiger partial charge in [-0.15, -0.1) is 0 Å². The van der Waals surface area contributed by atoms with Gasteiger partial charge in [-0.05, 0) is 12.8 Å². The van der Waals surface area contributed by atoms with Crippen LogP contribution in [0.25, 0.3) is 0 Å². The second-order valence-electron chi connectivity index (χ2n) is 12.9. The molecule has 3 rings (SSSR count). The van der Waals surface area contributed by atoms with E-state index in [0.29, 0.717) is 6.42 Å². The zero-order valence-electron chi connectivity index (χ0n) is 26.8. The van der Waals surface area contributed by atoms with Crippen molar-refractivity contribution in [2.24, 2.45) is 17.2 Å². The summed E-state index contributed by atoms with van der Waals surface area (Å²) in [5, 5.41) is 75.7. The summed E-state index contributed by atoms with van der Waals surface area (Å²) in [7, 11) is 0. The van der Waals surface area contributed by atoms with Gasteiger partial charge < -0.3 is 77.2 Å². The Balaban J connectivity index is 1.52. The van der Waals surface area contributed by atoms with Crippen molar-refractivity contribution in [3.05, 3.63) is 0 Å². The molecule has 0 radical (unpaired) electrons. The molecular weight excluding hydrogens is 608 g/mol. The largest absolute Gasteiger partial charge is 0.394 e. The number of aliphatic hydroxyl groups excluding tert-OH is 7. The molecule has 1 amide bonds. The number of hydrogen-bond donors (Lipinski definition) is 11. The monoisotopic (exact) mass is 666 g/mol. The zero-order chi connectivity index (χ0) is 34.0. The second-order valence-corrected chi connectivity index (χ2v) is 12.9. The molecule has 46 heavy (non-hydrogen) atoms. The number of unbranched alkanes of at least 4 members (excludes halogenated alkanes) is 8. The Labute approximate surface area is 270 Å². The van der Waals surface area contributed by atoms with Gasteiger partial charge in [-0.1, -0.05) is 58.3 Å². The van der Waals surface area contributed by atoms with Gasteiger partial charge in [-0.2, -0.15) is 0 Å². The van der Waals surface area contributed by atoms with Crippen LogP contribution in [0, 0.1) is 0 Å². The zero-order valence-corrected chi connectivity index (χ0v) is 26.8. The number of carbonyl (C=O) groups is 1. The first kappa shape index (κ1) is 39.3. The molecule has 15 atom stereocenters. The summed E-state index contributed by atoms with van der Waals surface area (Å²) in [6.45, 7) is 1.42. The first-order chi connectivity index (χ1) is 21.9. The third-order valence-electron chi connectivity index (χ3n) is 9.26. The summed E-state index contributed by atoms with van der Waals surface area (Å²) in [6.07, 6.45) is -6.83. The van der Waals surface area contributed by atoms with Crippen LogP contribution < -0.4 is 22.5 Å². The maximum Gasteiger partial charge on any atom is 0.220 e. The minimum Gasteiger partial charge on any atom is -0.394 e. The summed E-state index contributed by atoms with van der Waals surface area (Å²) in [4.78, 5) is 12.4. The molecular formula is C30H58N4O12. The van der Waals surface area contributed by atoms with E-state index >= 15 is 0 Å². The highest BCUT2D eigenvalue weighted by atomic mass is 16.7. The van der Waals surface area contributed by atoms with Gasteiger partial charge in [0.1, 0.15) is 61.0 Å². The normalized spacial score (nSPS) is 41.8. The molecule has 270 valence electrons. The van der Waals surface area contributed by atoms with Crippen LogP contribution in [0.4, 0.5) is 0 Å². The minimum absolute atomic E-state index is 0.0552. The molecule has 1 saturated carbocycles. The Kier molecular flexibility index (Phi) is 16.4. The Morgan fingerprint density at radius 1 is 0.696 bits per heavy atom. The average molecular weight is 667 g/mol. The summed E-state index contributed by atoms with van der Waals surface area (Å²) in [5.41, 5.74) is 18.3. The maximum absolute atomic E-state index is 12.4. The molecule has 16 nitrogen and oxygen atoms in total. The quantitative estimate of drug-likeness (QED) is 0.0681. The molecule has 2 aliphatic heterocycles. The van der Waals surface area contributed by atoms with Gasteiger partial charge in [0.15, 0.2) is 12.6 Å². The third kappa shape index (κ3) is 10.5. The van der Waals surface area contributed by atoms with E-state index in [1.165, 1.54) is 32.1 Å². The molecule has 0 aromatic carbocycles. The molecule has 0 unspecified atom stereocenters. The Hall–Kier alpha value is -1.09. The van der Waals surface area contributed by atoms with E-state index < -0.39 is 98.4 Å². The van der Waals surface area contributed by atoms with Gasteiger partial charge in [0.05, 0.1) is 12.6 Å². The number of carbonyl (C=O) groups excluding carboxylic acids is 1. The summed E-state index contributed by atoms with van der Waals surface area (Å²) < 4.78 is 22.8. The van der Waals surface area contributed by atoms with Crippen molar-refractivity contribution >= 4 is 5.91 Å². The van der Waals surface area contributed by atoms with Crippen molar-refractivity contribution in [2.75, 3.05) is 13.2 Å². The van der Waals surface area contributed by atoms with Crippen LogP contribution in [0.3, 0.4) is 0 Å². The fourth-order valence-corrected chi connectivity index (χ4v) is 6.27. The Morgan fingerprint density at radius 3 is 1.78 bits per heavy atom. The molecule has 16 heteroatoms. The van der Waals surface area contributed by atoms with Crippen LogP contribution in [-0.4, -0.2) is 147 Å². The number of aliphatic hydroxyl groups is 7. The van der Waals surface area contributed by atoms with Crippen molar-refractivity contribution in [3.63, 3.8) is 0 Å². The predicted molar refractivity (Wildman–Crippen MR) is 164 cm³/mol. The van der Waals surface area contributed by atoms with Crippen molar-refractivity contribution in [1.82, 2.24) is 5.32 Å². The van der Waals surface area contributed by atoms with E-state index in [1.807, 2.05) is 0 Å². The molecule has 2 heterocycles. The van der Waals surface area contributed by atoms with E-state index in [9.17, 15) is 40.5 Å². The van der Waals surface area contributed by atoms with E-state index in [4.69, 9.17) is 36.1 Å². The second kappa shape index (κ2) is 19.2. The third-order valence-corrected chi connectivity index (χ3v) is 9.26. The van der Waals surface area contributed by atoms with Crippen molar-refractivity contribution in [2.45, 2.75) is 169 Å². The number of hydrogen-bond acceptors (Lipinski definition) is 15. The lowest BCUT2D eigenvalue weighted by Gasteiger charge is -2.48. The topological polar surface area (TPSA) is 286 Å². The number of nitrogens with two attached hydrogens (primary N) is 3. The molecule has 3 fully saturated rings. The molecule has 1 aliphatic carbocycles. The highest BCUT2D eigenvalue weighted by Gasteiger charge is 2.51. The number of rotatable bonds is 17. The van der Waals surface area contributed by atoms with Crippen LogP contribution in [0.2, 0.25) is 0 Å². The standard InChI is InChI=1S/C30H58N4O12/c1-2-3-4-5-6-7-8-9-10-11-19(36)34-13-17-22(38)24(40)25(41)30(43-17)46-28-16(32)12-15(31)27(26(28)42)45-29-23(39)20(33)21(37)18(14-35)44-29/h15-18,20-30,35,37-42H,2-14,31-33H2,1H3,(H,34,36)/t15-,16+,17-,18-,20+,21-,22-,23-,24+,25-,26-,27+,28-,29-,30-/m1/s1. The van der Waals surface area contributed by atoms with Gasteiger partial charge in [-0.3, -0.25) is 4.79 Å². The summed E-state index contributed by atoms with van der Waals surface area (Å²) in [6, 6.07) is -2.97. The smallest absolute Gasteiger partial charge is 0.220 e. The van der Waals surface area contributed by atoms with E-state index in [1.54, 1.807) is 0 Å². The van der Waals surface area contributed by atoms with Crippen molar-refractivity contribution < 1.29 is 59.5 Å². The van der Waals surface area contributed by atoms with Crippen LogP contribution in [0.5, 0.6) is 0 Å². The summed E-state index contributed by atoms with van der Waals surface area (Å²) >= 11 is 0. The molecule has 0 bridgehead atoms. The number of ether oxygens (including phenoxy) is 4. The lowest BCUT2D eigenvalue weighted by Crippen LogP contribution is -2.68. The maximum atomic E-state index is 12.4. The highest BCUT2D eigenvalue weighted by molar-refractivity contribution is 5.75. The van der Waals surface area contributed by atoms with Crippen LogP contribution in [-0.2, 0) is 23.7 Å². The minimum atomic E-state index is -1.73. The van der Waals surface area contributed by atoms with Gasteiger partial charge in [0, 0.05) is 25.0 Å². The van der Waals surface area contributed by atoms with E-state index in [-0.39, 0.29) is 18.9 Å². The number of amides is 1. The van der Waals surface area contributed by atoms with Crippen molar-refractivity contribution in [1.29, 1.82) is 0 Å². The molecule has 3 aliphatic rings. The van der Waals surface area contributed by atoms with Crippen molar-refractivity contribution in [3.8, 4) is 0 Å². The fourth-order valence-electron chi connectivity index (χ4n) is 6.27. The average Bonchev–Trinajstić information content (AvgIpc) is 3.03. The molecule has 0 spiro atoms. The lowest BCUT2D eigenvalue weighted by atomic mass is 9.84. The van der Waals surface area contributed by atoms with Gasteiger partial charge in [-0.25, -0.2) is 0 Å². The van der Waals surface area contributed by atoms with Crippen LogP contribution >= 0.6 is 0 Å². The fraction of sp³-hybridized carbons (Fsp3) is 0.967.